The minimum atomic E-state index is -0.509. The highest BCUT2D eigenvalue weighted by Gasteiger charge is 2.19. The molecule has 1 aromatic carbocycles. The largest absolute Gasteiger partial charge is 0.386 e. The van der Waals surface area contributed by atoms with E-state index in [0.717, 1.165) is 24.1 Å². The van der Waals surface area contributed by atoms with Gasteiger partial charge in [0.05, 0.1) is 5.56 Å². The fourth-order valence-corrected chi connectivity index (χ4v) is 2.96. The number of rotatable bonds is 6. The molecule has 130 valence electrons. The average molecular weight is 339 g/mol. The van der Waals surface area contributed by atoms with Gasteiger partial charge in [0.25, 0.3) is 0 Å². The number of nitrogens with zero attached hydrogens (tertiary/aromatic N) is 1. The van der Waals surface area contributed by atoms with E-state index in [9.17, 15) is 9.18 Å². The Bertz CT molecular complexity index is 789. The average Bonchev–Trinajstić information content (AvgIpc) is 3.09. The van der Waals surface area contributed by atoms with Gasteiger partial charge in [-0.05, 0) is 43.2 Å². The van der Waals surface area contributed by atoms with Crippen LogP contribution in [0.1, 0.15) is 54.2 Å². The molecule has 2 N–H and O–H groups in total. The first-order chi connectivity index (χ1) is 12.1. The lowest BCUT2D eigenvalue weighted by Gasteiger charge is -2.17. The minimum absolute atomic E-state index is 0.0410. The standard InChI is InChI=1S/C20H22FN3O/c1-3-16-10-17(12-23-16)24-13(2)14-6-7-18(19(21)9-14)20(25)15-5-4-8-22-11-15/h4-9,11-13,16,23-24H,3,10H2,1-2H3/t13?,16-/m0/s1. The van der Waals surface area contributed by atoms with Crippen LogP contribution in [0.3, 0.4) is 0 Å². The second-order valence-corrected chi connectivity index (χ2v) is 6.32. The molecule has 25 heavy (non-hydrogen) atoms. The summed E-state index contributed by atoms with van der Waals surface area (Å²) in [5.41, 5.74) is 2.38. The number of aromatic nitrogens is 1. The van der Waals surface area contributed by atoms with Crippen molar-refractivity contribution < 1.29 is 9.18 Å². The van der Waals surface area contributed by atoms with Gasteiger partial charge in [0, 0.05) is 48.4 Å². The number of halogens is 1. The number of benzene rings is 1. The Hall–Kier alpha value is -2.69. The number of carbonyl (C=O) groups excluding carboxylic acids is 1. The highest BCUT2D eigenvalue weighted by atomic mass is 19.1. The summed E-state index contributed by atoms with van der Waals surface area (Å²) >= 11 is 0. The van der Waals surface area contributed by atoms with Crippen LogP contribution < -0.4 is 10.6 Å². The van der Waals surface area contributed by atoms with Crippen LogP contribution in [0.5, 0.6) is 0 Å². The van der Waals surface area contributed by atoms with Crippen LogP contribution in [0, 0.1) is 5.82 Å². The molecule has 2 heterocycles. The van der Waals surface area contributed by atoms with Crippen molar-refractivity contribution in [1.29, 1.82) is 0 Å². The summed E-state index contributed by atoms with van der Waals surface area (Å²) in [5, 5.41) is 6.72. The Morgan fingerprint density at radius 2 is 2.28 bits per heavy atom. The molecule has 1 aliphatic rings. The lowest BCUT2D eigenvalue weighted by Crippen LogP contribution is -2.20. The summed E-state index contributed by atoms with van der Waals surface area (Å²) in [4.78, 5) is 16.3. The van der Waals surface area contributed by atoms with Crippen molar-refractivity contribution in [1.82, 2.24) is 15.6 Å². The molecule has 0 aliphatic carbocycles. The van der Waals surface area contributed by atoms with E-state index in [1.807, 2.05) is 13.1 Å². The van der Waals surface area contributed by atoms with E-state index >= 15 is 0 Å². The zero-order valence-electron chi connectivity index (χ0n) is 14.4. The van der Waals surface area contributed by atoms with Gasteiger partial charge >= 0.3 is 0 Å². The van der Waals surface area contributed by atoms with Crippen molar-refractivity contribution in [2.75, 3.05) is 0 Å². The SMILES string of the molecule is CC[C@H]1CC(NC(C)c2ccc(C(=O)c3cccnc3)c(F)c2)=CN1. The van der Waals surface area contributed by atoms with Gasteiger partial charge < -0.3 is 10.6 Å². The molecule has 1 aliphatic heterocycles. The molecule has 1 aromatic heterocycles. The number of carbonyl (C=O) groups is 1. The van der Waals surface area contributed by atoms with Crippen LogP contribution in [0.4, 0.5) is 4.39 Å². The summed E-state index contributed by atoms with van der Waals surface area (Å²) in [6, 6.07) is 8.50. The minimum Gasteiger partial charge on any atom is -0.386 e. The Kier molecular flexibility index (Phi) is 5.12. The van der Waals surface area contributed by atoms with Gasteiger partial charge in [0.15, 0.2) is 5.78 Å². The molecule has 0 radical (unpaired) electrons. The third-order valence-corrected chi connectivity index (χ3v) is 4.52. The van der Waals surface area contributed by atoms with Crippen LogP contribution in [-0.4, -0.2) is 16.8 Å². The first-order valence-corrected chi connectivity index (χ1v) is 8.54. The Morgan fingerprint density at radius 1 is 1.44 bits per heavy atom. The zero-order valence-corrected chi connectivity index (χ0v) is 14.4. The van der Waals surface area contributed by atoms with Crippen molar-refractivity contribution in [2.24, 2.45) is 0 Å². The molecule has 0 saturated carbocycles. The van der Waals surface area contributed by atoms with Crippen molar-refractivity contribution in [3.63, 3.8) is 0 Å². The number of hydrogen-bond acceptors (Lipinski definition) is 4. The van der Waals surface area contributed by atoms with Gasteiger partial charge in [-0.3, -0.25) is 9.78 Å². The van der Waals surface area contributed by atoms with Gasteiger partial charge in [0.2, 0.25) is 0 Å². The normalized spacial score (nSPS) is 17.6. The van der Waals surface area contributed by atoms with Crippen LogP contribution in [0.25, 0.3) is 0 Å². The van der Waals surface area contributed by atoms with E-state index in [2.05, 4.69) is 22.5 Å². The van der Waals surface area contributed by atoms with Crippen molar-refractivity contribution in [2.45, 2.75) is 38.8 Å². The molecule has 0 amide bonds. The smallest absolute Gasteiger partial charge is 0.197 e. The molecular weight excluding hydrogens is 317 g/mol. The molecule has 0 saturated heterocycles. The molecule has 0 bridgehead atoms. The molecule has 0 spiro atoms. The summed E-state index contributed by atoms with van der Waals surface area (Å²) in [5.74, 6) is -0.865. The molecule has 5 heteroatoms. The molecule has 0 fully saturated rings. The van der Waals surface area contributed by atoms with E-state index in [0.29, 0.717) is 11.6 Å². The zero-order chi connectivity index (χ0) is 17.8. The van der Waals surface area contributed by atoms with Crippen molar-refractivity contribution >= 4 is 5.78 Å². The van der Waals surface area contributed by atoms with E-state index in [1.165, 1.54) is 12.3 Å². The lowest BCUT2D eigenvalue weighted by atomic mass is 10.00. The predicted molar refractivity (Wildman–Crippen MR) is 95.5 cm³/mol. The quantitative estimate of drug-likeness (QED) is 0.788. The third-order valence-electron chi connectivity index (χ3n) is 4.52. The summed E-state index contributed by atoms with van der Waals surface area (Å²) in [6.07, 6.45) is 7.03. The van der Waals surface area contributed by atoms with Crippen LogP contribution >= 0.6 is 0 Å². The van der Waals surface area contributed by atoms with Crippen LogP contribution in [0.2, 0.25) is 0 Å². The van der Waals surface area contributed by atoms with Gasteiger partial charge in [-0.15, -0.1) is 0 Å². The molecule has 2 atom stereocenters. The highest BCUT2D eigenvalue weighted by molar-refractivity contribution is 6.08. The monoisotopic (exact) mass is 339 g/mol. The summed E-state index contributed by atoms with van der Waals surface area (Å²) in [6.45, 7) is 4.13. The van der Waals surface area contributed by atoms with Crippen LogP contribution in [0.15, 0.2) is 54.6 Å². The summed E-state index contributed by atoms with van der Waals surface area (Å²) < 4.78 is 14.5. The number of nitrogens with one attached hydrogen (secondary N) is 2. The fraction of sp³-hybridized carbons (Fsp3) is 0.300. The van der Waals surface area contributed by atoms with E-state index in [4.69, 9.17) is 0 Å². The second kappa shape index (κ2) is 7.47. The molecular formula is C20H22FN3O. The Balaban J connectivity index is 1.72. The second-order valence-electron chi connectivity index (χ2n) is 6.32. The number of ketones is 1. The number of pyridine rings is 1. The topological polar surface area (TPSA) is 54.0 Å². The molecule has 2 aromatic rings. The molecule has 1 unspecified atom stereocenters. The Morgan fingerprint density at radius 3 is 2.92 bits per heavy atom. The van der Waals surface area contributed by atoms with Gasteiger partial charge in [0.1, 0.15) is 5.82 Å². The molecule has 3 rings (SSSR count). The first kappa shape index (κ1) is 17.1. The maximum atomic E-state index is 14.5. The summed E-state index contributed by atoms with van der Waals surface area (Å²) in [7, 11) is 0. The van der Waals surface area contributed by atoms with Gasteiger partial charge in [-0.25, -0.2) is 4.39 Å². The van der Waals surface area contributed by atoms with E-state index < -0.39 is 5.82 Å². The fourth-order valence-electron chi connectivity index (χ4n) is 2.96. The predicted octanol–water partition coefficient (Wildman–Crippen LogP) is 3.72. The maximum Gasteiger partial charge on any atom is 0.197 e. The van der Waals surface area contributed by atoms with E-state index in [1.54, 1.807) is 30.5 Å². The van der Waals surface area contributed by atoms with Crippen molar-refractivity contribution in [3.05, 3.63) is 77.1 Å². The first-order valence-electron chi connectivity index (χ1n) is 8.54. The van der Waals surface area contributed by atoms with E-state index in [-0.39, 0.29) is 17.4 Å². The highest BCUT2D eigenvalue weighted by Crippen LogP contribution is 2.22. The Labute approximate surface area is 147 Å². The third kappa shape index (κ3) is 3.87. The van der Waals surface area contributed by atoms with Crippen LogP contribution in [-0.2, 0) is 0 Å². The molecule has 4 nitrogen and oxygen atoms in total. The maximum absolute atomic E-state index is 14.5. The lowest BCUT2D eigenvalue weighted by molar-refractivity contribution is 0.103. The van der Waals surface area contributed by atoms with Crippen molar-refractivity contribution in [3.8, 4) is 0 Å². The van der Waals surface area contributed by atoms with Gasteiger partial charge in [-0.2, -0.15) is 0 Å². The van der Waals surface area contributed by atoms with Gasteiger partial charge in [-0.1, -0.05) is 13.0 Å². The number of hydrogen-bond donors (Lipinski definition) is 2.